The van der Waals surface area contributed by atoms with Crippen LogP contribution in [0.2, 0.25) is 0 Å². The van der Waals surface area contributed by atoms with Crippen molar-refractivity contribution in [3.8, 4) is 0 Å². The van der Waals surface area contributed by atoms with Gasteiger partial charge < -0.3 is 0 Å². The highest BCUT2D eigenvalue weighted by atomic mass is 32.4. The number of hydrogen-bond acceptors (Lipinski definition) is 1. The molecule has 120 valence electrons. The summed E-state index contributed by atoms with van der Waals surface area (Å²) in [6, 6.07) is 29.8. The molecule has 2 heteroatoms. The minimum atomic E-state index is -1.89. The molecule has 0 saturated heterocycles. The lowest BCUT2D eigenvalue weighted by Crippen LogP contribution is -2.13. The number of hydrogen-bond donors (Lipinski definition) is 0. The molecule has 0 unspecified atom stereocenters. The summed E-state index contributed by atoms with van der Waals surface area (Å²) in [6.45, 7) is 0. The van der Waals surface area contributed by atoms with Crippen LogP contribution in [0.1, 0.15) is 12.0 Å². The first kappa shape index (κ1) is 16.9. The fraction of sp³-hybridized carbons (Fsp3) is 0.0909. The molecule has 0 aliphatic heterocycles. The van der Waals surface area contributed by atoms with Gasteiger partial charge in [-0.1, -0.05) is 109 Å². The van der Waals surface area contributed by atoms with Crippen LogP contribution >= 0.6 is 6.04 Å². The van der Waals surface area contributed by atoms with Crippen molar-refractivity contribution in [2.45, 2.75) is 12.8 Å². The molecule has 0 heterocycles. The van der Waals surface area contributed by atoms with Gasteiger partial charge in [-0.2, -0.15) is 0 Å². The quantitative estimate of drug-likeness (QED) is 0.547. The largest absolute Gasteiger partial charge is 0.0832 e. The van der Waals surface area contributed by atoms with E-state index >= 15 is 0 Å². The zero-order chi connectivity index (χ0) is 16.7. The van der Waals surface area contributed by atoms with Crippen LogP contribution < -0.4 is 10.6 Å². The molecule has 3 aromatic carbocycles. The lowest BCUT2D eigenvalue weighted by atomic mass is 10.1. The van der Waals surface area contributed by atoms with Crippen LogP contribution in [-0.4, -0.2) is 0 Å². The maximum Gasteiger partial charge on any atom is 0.0307 e. The van der Waals surface area contributed by atoms with Gasteiger partial charge in [-0.25, -0.2) is 0 Å². The van der Waals surface area contributed by atoms with E-state index in [4.69, 9.17) is 11.8 Å². The van der Waals surface area contributed by atoms with Gasteiger partial charge in [0, 0.05) is 6.04 Å². The van der Waals surface area contributed by atoms with Gasteiger partial charge in [0.2, 0.25) is 0 Å². The molecular weight excluding hydrogens is 327 g/mol. The number of rotatable bonds is 6. The highest BCUT2D eigenvalue weighted by Gasteiger charge is 2.18. The van der Waals surface area contributed by atoms with Gasteiger partial charge in [0.15, 0.2) is 0 Å². The molecule has 0 fully saturated rings. The first-order valence-electron chi connectivity index (χ1n) is 8.22. The van der Waals surface area contributed by atoms with E-state index in [2.05, 4.69) is 90.8 Å². The topological polar surface area (TPSA) is 0 Å². The van der Waals surface area contributed by atoms with Gasteiger partial charge >= 0.3 is 0 Å². The Kier molecular flexibility index (Phi) is 5.80. The Morgan fingerprint density at radius 2 is 1.12 bits per heavy atom. The zero-order valence-corrected chi connectivity index (χ0v) is 15.3. The van der Waals surface area contributed by atoms with Crippen molar-refractivity contribution in [1.29, 1.82) is 0 Å². The predicted molar refractivity (Wildman–Crippen MR) is 110 cm³/mol. The van der Waals surface area contributed by atoms with E-state index in [9.17, 15) is 0 Å². The van der Waals surface area contributed by atoms with Crippen LogP contribution in [0.15, 0.2) is 103 Å². The van der Waals surface area contributed by atoms with Crippen LogP contribution in [0, 0.1) is 0 Å². The second-order valence-corrected chi connectivity index (χ2v) is 10.1. The van der Waals surface area contributed by atoms with Gasteiger partial charge in [-0.15, -0.1) is 0 Å². The summed E-state index contributed by atoms with van der Waals surface area (Å²) in [7, 11) is 0. The van der Waals surface area contributed by atoms with Crippen molar-refractivity contribution in [3.63, 3.8) is 0 Å². The zero-order valence-electron chi connectivity index (χ0n) is 13.6. The second-order valence-electron chi connectivity index (χ2n) is 5.74. The fourth-order valence-electron chi connectivity index (χ4n) is 2.74. The van der Waals surface area contributed by atoms with Crippen molar-refractivity contribution in [1.82, 2.24) is 0 Å². The highest BCUT2D eigenvalue weighted by molar-refractivity contribution is 8.23. The number of benzene rings is 3. The molecule has 0 atom stereocenters. The van der Waals surface area contributed by atoms with Gasteiger partial charge in [0.05, 0.1) is 0 Å². The third kappa shape index (κ3) is 4.12. The Balaban J connectivity index is 1.83. The smallest absolute Gasteiger partial charge is 0.0307 e. The van der Waals surface area contributed by atoms with Crippen molar-refractivity contribution in [2.75, 3.05) is 0 Å². The lowest BCUT2D eigenvalue weighted by molar-refractivity contribution is 1.00. The van der Waals surface area contributed by atoms with E-state index in [0.717, 1.165) is 12.8 Å². The Morgan fingerprint density at radius 3 is 1.62 bits per heavy atom. The molecule has 0 bridgehead atoms. The third-order valence-corrected chi connectivity index (χ3v) is 8.43. The van der Waals surface area contributed by atoms with Crippen LogP contribution in [-0.2, 0) is 18.2 Å². The first-order valence-corrected chi connectivity index (χ1v) is 11.1. The van der Waals surface area contributed by atoms with Crippen LogP contribution in [0.5, 0.6) is 0 Å². The Morgan fingerprint density at radius 1 is 0.667 bits per heavy atom. The van der Waals surface area contributed by atoms with Crippen molar-refractivity contribution >= 4 is 28.5 Å². The standard InChI is InChI=1S/C22H21PS/c24-23(21-15-6-2-7-16-21,22-17-8-3-9-18-22)19-11-10-14-20-12-4-1-5-13-20/h1-9,11-13,15-19H,10,14H2/b19-11+. The number of allylic oxidation sites excluding steroid dienone is 1. The average molecular weight is 348 g/mol. The SMILES string of the molecule is S=P(/C=C/CCc1ccccc1)(c1ccccc1)c1ccccc1. The van der Waals surface area contributed by atoms with E-state index in [-0.39, 0.29) is 0 Å². The maximum absolute atomic E-state index is 6.19. The highest BCUT2D eigenvalue weighted by Crippen LogP contribution is 2.45. The monoisotopic (exact) mass is 348 g/mol. The molecule has 0 aliphatic rings. The van der Waals surface area contributed by atoms with Gasteiger partial charge in [-0.3, -0.25) is 0 Å². The minimum Gasteiger partial charge on any atom is -0.0832 e. The van der Waals surface area contributed by atoms with E-state index in [0.29, 0.717) is 0 Å². The van der Waals surface area contributed by atoms with Crippen LogP contribution in [0.25, 0.3) is 0 Å². The normalized spacial score (nSPS) is 11.7. The molecule has 0 radical (unpaired) electrons. The fourth-order valence-corrected chi connectivity index (χ4v) is 6.04. The Bertz CT molecular complexity index is 780. The molecule has 0 spiro atoms. The molecule has 0 saturated carbocycles. The molecular formula is C22H21PS. The molecule has 0 nitrogen and oxygen atoms in total. The summed E-state index contributed by atoms with van der Waals surface area (Å²) in [5, 5.41) is 2.50. The molecule has 0 amide bonds. The maximum atomic E-state index is 6.19. The van der Waals surface area contributed by atoms with Crippen molar-refractivity contribution in [3.05, 3.63) is 108 Å². The Hall–Kier alpha value is -1.95. The first-order chi connectivity index (χ1) is 11.8. The Labute approximate surface area is 149 Å². The molecule has 24 heavy (non-hydrogen) atoms. The summed E-state index contributed by atoms with van der Waals surface area (Å²) in [5.41, 5.74) is 1.37. The molecule has 3 rings (SSSR count). The van der Waals surface area contributed by atoms with Crippen molar-refractivity contribution < 1.29 is 0 Å². The van der Waals surface area contributed by atoms with Gasteiger partial charge in [0.25, 0.3) is 0 Å². The predicted octanol–water partition coefficient (Wildman–Crippen LogP) is 5.26. The summed E-state index contributed by atoms with van der Waals surface area (Å²) >= 11 is 6.19. The lowest BCUT2D eigenvalue weighted by Gasteiger charge is -2.19. The average Bonchev–Trinajstić information content (AvgIpc) is 2.67. The van der Waals surface area contributed by atoms with Crippen LogP contribution in [0.3, 0.4) is 0 Å². The summed E-state index contributed by atoms with van der Waals surface area (Å²) in [4.78, 5) is 0. The molecule has 3 aromatic rings. The summed E-state index contributed by atoms with van der Waals surface area (Å²) in [5.74, 6) is 2.29. The van der Waals surface area contributed by atoms with E-state index in [1.807, 2.05) is 12.1 Å². The van der Waals surface area contributed by atoms with Crippen LogP contribution in [0.4, 0.5) is 0 Å². The van der Waals surface area contributed by atoms with Gasteiger partial charge in [0.1, 0.15) is 0 Å². The summed E-state index contributed by atoms with van der Waals surface area (Å²) in [6.07, 6.45) is 4.34. The van der Waals surface area contributed by atoms with E-state index in [1.165, 1.54) is 16.2 Å². The van der Waals surface area contributed by atoms with Gasteiger partial charge in [-0.05, 0) is 34.8 Å². The van der Waals surface area contributed by atoms with Crippen molar-refractivity contribution in [2.24, 2.45) is 0 Å². The summed E-state index contributed by atoms with van der Waals surface area (Å²) < 4.78 is 0. The number of aryl methyl sites for hydroxylation is 1. The molecule has 0 N–H and O–H groups in total. The molecule has 0 aliphatic carbocycles. The van der Waals surface area contributed by atoms with E-state index in [1.54, 1.807) is 0 Å². The molecule has 0 aromatic heterocycles. The second kappa shape index (κ2) is 8.24. The third-order valence-electron chi connectivity index (χ3n) is 4.04. The van der Waals surface area contributed by atoms with E-state index < -0.39 is 6.04 Å². The minimum absolute atomic E-state index is 1.02.